The number of aryl methyl sites for hydroxylation is 2. The molecule has 0 unspecified atom stereocenters. The molecule has 1 fully saturated rings. The Balaban J connectivity index is 1.44. The van der Waals surface area contributed by atoms with Crippen LogP contribution in [-0.2, 0) is 16.1 Å². The number of anilines is 1. The molecule has 3 atom stereocenters. The number of fused-ring (bicyclic) bond motifs is 1. The van der Waals surface area contributed by atoms with Crippen LogP contribution in [0.3, 0.4) is 0 Å². The van der Waals surface area contributed by atoms with Crippen LogP contribution in [0.15, 0.2) is 47.3 Å². The highest BCUT2D eigenvalue weighted by Crippen LogP contribution is 2.32. The van der Waals surface area contributed by atoms with Crippen molar-refractivity contribution in [2.45, 2.75) is 59.7 Å². The molecule has 0 bridgehead atoms. The number of halogens is 1. The maximum absolute atomic E-state index is 13.8. The standard InChI is InChI=1S/C29H30BrN7O3/c1-15-6-9-25(30)33-28(15)34-29(40)24-10-16(2)17(3)37(24)26(39)14-36-23-8-7-20(21-12-31-19(5)32-13-21)11-22(23)27(35-36)18(4)38/h6-9,11-13,16-17,24H,10,14H2,1-5H3,(H,33,34,40)/t16-,17+,24-/m0/s1. The van der Waals surface area contributed by atoms with E-state index in [0.717, 1.165) is 16.7 Å². The third-order valence-electron chi connectivity index (χ3n) is 7.57. The zero-order valence-electron chi connectivity index (χ0n) is 23.0. The maximum Gasteiger partial charge on any atom is 0.248 e. The Bertz CT molecular complexity index is 1630. The highest BCUT2D eigenvalue weighted by Gasteiger charge is 2.43. The third-order valence-corrected chi connectivity index (χ3v) is 8.01. The second-order valence-electron chi connectivity index (χ2n) is 10.4. The number of Topliss-reactive ketones (excluding diaryl/α,β-unsaturated/α-hetero) is 1. The summed E-state index contributed by atoms with van der Waals surface area (Å²) in [6.45, 7) is 9.02. The van der Waals surface area contributed by atoms with Crippen molar-refractivity contribution in [2.75, 3.05) is 5.32 Å². The number of carbonyl (C=O) groups is 3. The molecule has 10 nitrogen and oxygen atoms in total. The van der Waals surface area contributed by atoms with Gasteiger partial charge in [-0.25, -0.2) is 15.0 Å². The van der Waals surface area contributed by atoms with E-state index in [9.17, 15) is 14.4 Å². The number of hydrogen-bond acceptors (Lipinski definition) is 7. The quantitative estimate of drug-likeness (QED) is 0.249. The van der Waals surface area contributed by atoms with Crippen LogP contribution in [0.4, 0.5) is 5.82 Å². The summed E-state index contributed by atoms with van der Waals surface area (Å²) >= 11 is 3.35. The second kappa shape index (κ2) is 10.9. The minimum absolute atomic E-state index is 0.105. The van der Waals surface area contributed by atoms with E-state index in [1.807, 2.05) is 58.0 Å². The summed E-state index contributed by atoms with van der Waals surface area (Å²) in [6, 6.07) is 8.48. The Morgan fingerprint density at radius 2 is 1.77 bits per heavy atom. The molecule has 0 saturated carbocycles. The molecule has 0 aliphatic carbocycles. The van der Waals surface area contributed by atoms with E-state index in [1.54, 1.807) is 22.0 Å². The first kappa shape index (κ1) is 27.6. The fraction of sp³-hybridized carbons (Fsp3) is 0.345. The number of rotatable bonds is 6. The highest BCUT2D eigenvalue weighted by atomic mass is 79.9. The summed E-state index contributed by atoms with van der Waals surface area (Å²) in [5.41, 5.74) is 3.42. The van der Waals surface area contributed by atoms with E-state index < -0.39 is 6.04 Å². The molecule has 3 aromatic heterocycles. The minimum atomic E-state index is -0.653. The van der Waals surface area contributed by atoms with Crippen LogP contribution < -0.4 is 5.32 Å². The van der Waals surface area contributed by atoms with Gasteiger partial charge in [0.2, 0.25) is 11.8 Å². The summed E-state index contributed by atoms with van der Waals surface area (Å²) in [7, 11) is 0. The van der Waals surface area contributed by atoms with E-state index in [4.69, 9.17) is 0 Å². The van der Waals surface area contributed by atoms with Gasteiger partial charge < -0.3 is 10.2 Å². The largest absolute Gasteiger partial charge is 0.326 e. The first-order valence-electron chi connectivity index (χ1n) is 13.1. The van der Waals surface area contributed by atoms with Crippen LogP contribution in [0.2, 0.25) is 0 Å². The minimum Gasteiger partial charge on any atom is -0.326 e. The molecular weight excluding hydrogens is 574 g/mol. The summed E-state index contributed by atoms with van der Waals surface area (Å²) in [5, 5.41) is 8.08. The van der Waals surface area contributed by atoms with Crippen LogP contribution in [0.25, 0.3) is 22.0 Å². The predicted octanol–water partition coefficient (Wildman–Crippen LogP) is 4.73. The first-order chi connectivity index (χ1) is 19.0. The lowest BCUT2D eigenvalue weighted by Crippen LogP contribution is -2.47. The van der Waals surface area contributed by atoms with Gasteiger partial charge in [-0.1, -0.05) is 19.1 Å². The third kappa shape index (κ3) is 5.25. The Morgan fingerprint density at radius 3 is 2.48 bits per heavy atom. The van der Waals surface area contributed by atoms with Gasteiger partial charge in [-0.15, -0.1) is 0 Å². The molecular formula is C29H30BrN7O3. The molecule has 206 valence electrons. The second-order valence-corrected chi connectivity index (χ2v) is 11.2. The van der Waals surface area contributed by atoms with E-state index in [2.05, 4.69) is 41.3 Å². The topological polar surface area (TPSA) is 123 Å². The van der Waals surface area contributed by atoms with Gasteiger partial charge in [0, 0.05) is 36.3 Å². The van der Waals surface area contributed by atoms with Crippen molar-refractivity contribution in [3.63, 3.8) is 0 Å². The number of hydrogen-bond donors (Lipinski definition) is 1. The number of pyridine rings is 1. The maximum atomic E-state index is 13.8. The molecule has 0 radical (unpaired) electrons. The highest BCUT2D eigenvalue weighted by molar-refractivity contribution is 9.10. The monoisotopic (exact) mass is 603 g/mol. The zero-order chi connectivity index (χ0) is 28.7. The molecule has 1 aromatic carbocycles. The fourth-order valence-electron chi connectivity index (χ4n) is 5.18. The van der Waals surface area contributed by atoms with Gasteiger partial charge in [0.05, 0.1) is 5.52 Å². The molecule has 5 rings (SSSR count). The summed E-state index contributed by atoms with van der Waals surface area (Å²) in [5.74, 6) is 0.520. The van der Waals surface area contributed by atoms with Gasteiger partial charge >= 0.3 is 0 Å². The van der Waals surface area contributed by atoms with Gasteiger partial charge in [-0.05, 0) is 78.4 Å². The van der Waals surface area contributed by atoms with Gasteiger partial charge in [0.15, 0.2) is 5.78 Å². The van der Waals surface area contributed by atoms with Crippen molar-refractivity contribution < 1.29 is 14.4 Å². The number of amides is 2. The lowest BCUT2D eigenvalue weighted by molar-refractivity contribution is -0.139. The Morgan fingerprint density at radius 1 is 1.05 bits per heavy atom. The lowest BCUT2D eigenvalue weighted by atomic mass is 10.0. The first-order valence-corrected chi connectivity index (χ1v) is 13.9. The van der Waals surface area contributed by atoms with Crippen molar-refractivity contribution in [2.24, 2.45) is 5.92 Å². The van der Waals surface area contributed by atoms with Gasteiger partial charge in [-0.3, -0.25) is 19.1 Å². The number of nitrogens with zero attached hydrogens (tertiary/aromatic N) is 6. The van der Waals surface area contributed by atoms with Crippen molar-refractivity contribution in [1.82, 2.24) is 29.6 Å². The number of carbonyl (C=O) groups excluding carboxylic acids is 3. The SMILES string of the molecule is CC(=O)c1nn(CC(=O)N2[C@H](C)[C@@H](C)C[C@H]2C(=O)Nc2nc(Br)ccc2C)c2ccc(-c3cnc(C)nc3)cc12. The van der Waals surface area contributed by atoms with Crippen molar-refractivity contribution >= 4 is 50.2 Å². The zero-order valence-corrected chi connectivity index (χ0v) is 24.6. The number of ketones is 1. The molecule has 11 heteroatoms. The van der Waals surface area contributed by atoms with E-state index in [1.165, 1.54) is 6.92 Å². The van der Waals surface area contributed by atoms with E-state index in [0.29, 0.717) is 33.6 Å². The number of nitrogens with one attached hydrogen (secondary N) is 1. The Hall–Kier alpha value is -3.99. The summed E-state index contributed by atoms with van der Waals surface area (Å²) in [4.78, 5) is 54.2. The number of aromatic nitrogens is 5. The molecule has 1 aliphatic rings. The van der Waals surface area contributed by atoms with E-state index in [-0.39, 0.29) is 41.8 Å². The van der Waals surface area contributed by atoms with Crippen LogP contribution in [0.5, 0.6) is 0 Å². The van der Waals surface area contributed by atoms with Crippen LogP contribution >= 0.6 is 15.9 Å². The van der Waals surface area contributed by atoms with E-state index >= 15 is 0 Å². The molecule has 40 heavy (non-hydrogen) atoms. The molecule has 4 heterocycles. The average molecular weight is 605 g/mol. The van der Waals surface area contributed by atoms with Crippen molar-refractivity contribution in [3.8, 4) is 11.1 Å². The summed E-state index contributed by atoms with van der Waals surface area (Å²) < 4.78 is 2.16. The molecule has 2 amide bonds. The Labute approximate surface area is 240 Å². The smallest absolute Gasteiger partial charge is 0.248 e. The van der Waals surface area contributed by atoms with Crippen LogP contribution in [0, 0.1) is 19.8 Å². The van der Waals surface area contributed by atoms with Crippen molar-refractivity contribution in [3.05, 3.63) is 64.4 Å². The van der Waals surface area contributed by atoms with Crippen LogP contribution in [0.1, 0.15) is 49.1 Å². The normalized spacial score (nSPS) is 18.8. The van der Waals surface area contributed by atoms with Crippen LogP contribution in [-0.4, -0.2) is 59.3 Å². The predicted molar refractivity (Wildman–Crippen MR) is 155 cm³/mol. The number of likely N-dealkylation sites (tertiary alicyclic amines) is 1. The molecule has 1 saturated heterocycles. The van der Waals surface area contributed by atoms with Gasteiger partial charge in [0.25, 0.3) is 0 Å². The Kier molecular flexibility index (Phi) is 7.50. The average Bonchev–Trinajstić information content (AvgIpc) is 3.43. The molecule has 4 aromatic rings. The van der Waals surface area contributed by atoms with Gasteiger partial charge in [-0.2, -0.15) is 5.10 Å². The lowest BCUT2D eigenvalue weighted by Gasteiger charge is -2.28. The summed E-state index contributed by atoms with van der Waals surface area (Å²) in [6.07, 6.45) is 4.00. The van der Waals surface area contributed by atoms with Gasteiger partial charge in [0.1, 0.15) is 34.5 Å². The fourth-order valence-corrected chi connectivity index (χ4v) is 5.49. The molecule has 0 spiro atoms. The molecule has 1 N–H and O–H groups in total. The molecule has 1 aliphatic heterocycles. The number of benzene rings is 1. The van der Waals surface area contributed by atoms with Crippen molar-refractivity contribution in [1.29, 1.82) is 0 Å².